The molecular weight excluding hydrogens is 256 g/mol. The molecule has 1 aromatic heterocycles. The Morgan fingerprint density at radius 3 is 2.67 bits per heavy atom. The van der Waals surface area contributed by atoms with Gasteiger partial charge in [0, 0.05) is 17.6 Å². The largest absolute Gasteiger partial charge is 0.313 e. The average Bonchev–Trinajstić information content (AvgIpc) is 2.46. The normalized spacial score (nSPS) is 13.5. The molecule has 1 N–H and O–H groups in total. The highest BCUT2D eigenvalue weighted by Crippen LogP contribution is 2.25. The van der Waals surface area contributed by atoms with Gasteiger partial charge in [0.25, 0.3) is 0 Å². The molecule has 2 rings (SSSR count). The van der Waals surface area contributed by atoms with Crippen LogP contribution in [0.25, 0.3) is 10.9 Å². The summed E-state index contributed by atoms with van der Waals surface area (Å²) in [6, 6.07) is 11.2. The average molecular weight is 284 g/mol. The van der Waals surface area contributed by atoms with E-state index in [1.807, 2.05) is 12.3 Å². The number of fused-ring (bicyclic) bond motifs is 1. The zero-order valence-corrected chi connectivity index (χ0v) is 13.8. The van der Waals surface area contributed by atoms with Crippen molar-refractivity contribution < 1.29 is 0 Å². The van der Waals surface area contributed by atoms with Crippen LogP contribution in [0.3, 0.4) is 0 Å². The van der Waals surface area contributed by atoms with Crippen LogP contribution < -0.4 is 5.32 Å². The monoisotopic (exact) mass is 284 g/mol. The molecule has 0 spiro atoms. The Labute approximate surface area is 129 Å². The van der Waals surface area contributed by atoms with E-state index in [2.05, 4.69) is 62.3 Å². The van der Waals surface area contributed by atoms with E-state index in [9.17, 15) is 0 Å². The lowest BCUT2D eigenvalue weighted by atomic mass is 9.83. The molecule has 2 nitrogen and oxygen atoms in total. The number of benzene rings is 1. The summed E-state index contributed by atoms with van der Waals surface area (Å²) in [6.07, 6.45) is 5.32. The number of pyridine rings is 1. The van der Waals surface area contributed by atoms with E-state index in [4.69, 9.17) is 0 Å². The third-order valence-electron chi connectivity index (χ3n) is 4.12. The lowest BCUT2D eigenvalue weighted by molar-refractivity contribution is 0.255. The predicted molar refractivity (Wildman–Crippen MR) is 91.6 cm³/mol. The molecular formula is C19H28N2. The molecule has 0 aliphatic rings. The van der Waals surface area contributed by atoms with E-state index in [1.54, 1.807) is 0 Å². The maximum absolute atomic E-state index is 4.45. The molecule has 2 aromatic rings. The van der Waals surface area contributed by atoms with Gasteiger partial charge in [0.15, 0.2) is 0 Å². The maximum atomic E-state index is 4.45. The van der Waals surface area contributed by atoms with Gasteiger partial charge in [-0.2, -0.15) is 0 Å². The Morgan fingerprint density at radius 1 is 1.14 bits per heavy atom. The van der Waals surface area contributed by atoms with Gasteiger partial charge in [0.05, 0.1) is 5.52 Å². The van der Waals surface area contributed by atoms with Gasteiger partial charge in [-0.15, -0.1) is 0 Å². The van der Waals surface area contributed by atoms with Crippen molar-refractivity contribution in [2.24, 2.45) is 5.41 Å². The third kappa shape index (κ3) is 4.28. The van der Waals surface area contributed by atoms with E-state index < -0.39 is 0 Å². The third-order valence-corrected chi connectivity index (χ3v) is 4.12. The van der Waals surface area contributed by atoms with Crippen LogP contribution in [-0.2, 0) is 6.42 Å². The standard InChI is InChI=1S/C19H28N2/c1-5-13-21-18(19(2,3)4)12-11-15-8-6-10-17-16(15)9-7-14-20-17/h6-10,14,18,21H,5,11-13H2,1-4H3. The minimum Gasteiger partial charge on any atom is -0.313 e. The first kappa shape index (κ1) is 16.0. The topological polar surface area (TPSA) is 24.9 Å². The first-order chi connectivity index (χ1) is 10.0. The first-order valence-electron chi connectivity index (χ1n) is 8.08. The van der Waals surface area contributed by atoms with Gasteiger partial charge in [-0.1, -0.05) is 45.9 Å². The highest BCUT2D eigenvalue weighted by Gasteiger charge is 2.23. The Morgan fingerprint density at radius 2 is 1.95 bits per heavy atom. The van der Waals surface area contributed by atoms with Crippen LogP contribution in [0.15, 0.2) is 36.5 Å². The van der Waals surface area contributed by atoms with Crippen molar-refractivity contribution >= 4 is 10.9 Å². The highest BCUT2D eigenvalue weighted by molar-refractivity contribution is 5.81. The fraction of sp³-hybridized carbons (Fsp3) is 0.526. The summed E-state index contributed by atoms with van der Waals surface area (Å²) in [4.78, 5) is 4.45. The molecule has 1 heterocycles. The number of hydrogen-bond donors (Lipinski definition) is 1. The number of nitrogens with zero attached hydrogens (tertiary/aromatic N) is 1. The van der Waals surface area contributed by atoms with E-state index >= 15 is 0 Å². The van der Waals surface area contributed by atoms with E-state index in [0.29, 0.717) is 6.04 Å². The Kier molecular flexibility index (Phi) is 5.35. The molecule has 2 heteroatoms. The molecule has 0 bridgehead atoms. The van der Waals surface area contributed by atoms with Gasteiger partial charge in [0.1, 0.15) is 0 Å². The second-order valence-corrected chi connectivity index (χ2v) is 6.90. The second kappa shape index (κ2) is 7.04. The minimum absolute atomic E-state index is 0.290. The van der Waals surface area contributed by atoms with Crippen LogP contribution in [0.5, 0.6) is 0 Å². The van der Waals surface area contributed by atoms with Crippen molar-refractivity contribution in [2.45, 2.75) is 53.0 Å². The Balaban J connectivity index is 2.12. The van der Waals surface area contributed by atoms with Crippen molar-refractivity contribution in [2.75, 3.05) is 6.54 Å². The maximum Gasteiger partial charge on any atom is 0.0704 e. The molecule has 1 atom stereocenters. The zero-order chi connectivity index (χ0) is 15.3. The first-order valence-corrected chi connectivity index (χ1v) is 8.08. The van der Waals surface area contributed by atoms with Crippen LogP contribution in [0.4, 0.5) is 0 Å². The smallest absolute Gasteiger partial charge is 0.0704 e. The lowest BCUT2D eigenvalue weighted by Gasteiger charge is -2.32. The highest BCUT2D eigenvalue weighted by atomic mass is 14.9. The summed E-state index contributed by atoms with van der Waals surface area (Å²) in [5.41, 5.74) is 2.80. The van der Waals surface area contributed by atoms with Gasteiger partial charge >= 0.3 is 0 Å². The summed E-state index contributed by atoms with van der Waals surface area (Å²) in [5, 5.41) is 5.01. The minimum atomic E-state index is 0.290. The van der Waals surface area contributed by atoms with Gasteiger partial charge in [-0.25, -0.2) is 0 Å². The molecule has 21 heavy (non-hydrogen) atoms. The Hall–Kier alpha value is -1.41. The van der Waals surface area contributed by atoms with E-state index in [-0.39, 0.29) is 5.41 Å². The molecule has 1 unspecified atom stereocenters. The number of nitrogens with one attached hydrogen (secondary N) is 1. The van der Waals surface area contributed by atoms with Gasteiger partial charge in [0.2, 0.25) is 0 Å². The van der Waals surface area contributed by atoms with Crippen LogP contribution in [0, 0.1) is 5.41 Å². The zero-order valence-electron chi connectivity index (χ0n) is 13.8. The van der Waals surface area contributed by atoms with Crippen molar-refractivity contribution in [1.29, 1.82) is 0 Å². The van der Waals surface area contributed by atoms with Crippen LogP contribution in [0.2, 0.25) is 0 Å². The van der Waals surface area contributed by atoms with Gasteiger partial charge < -0.3 is 5.32 Å². The second-order valence-electron chi connectivity index (χ2n) is 6.90. The van der Waals surface area contributed by atoms with Crippen LogP contribution in [0.1, 0.15) is 46.1 Å². The SMILES string of the molecule is CCCNC(CCc1cccc2ncccc12)C(C)(C)C. The molecule has 0 saturated heterocycles. The van der Waals surface area contributed by atoms with Crippen LogP contribution in [-0.4, -0.2) is 17.6 Å². The fourth-order valence-corrected chi connectivity index (χ4v) is 2.84. The quantitative estimate of drug-likeness (QED) is 0.839. The molecule has 0 fully saturated rings. The molecule has 0 radical (unpaired) electrons. The fourth-order valence-electron chi connectivity index (χ4n) is 2.84. The van der Waals surface area contributed by atoms with E-state index in [0.717, 1.165) is 24.9 Å². The summed E-state index contributed by atoms with van der Waals surface area (Å²) in [5.74, 6) is 0. The summed E-state index contributed by atoms with van der Waals surface area (Å²) >= 11 is 0. The van der Waals surface area contributed by atoms with Crippen molar-refractivity contribution in [1.82, 2.24) is 10.3 Å². The molecule has 114 valence electrons. The lowest BCUT2D eigenvalue weighted by Crippen LogP contribution is -2.41. The van der Waals surface area contributed by atoms with Gasteiger partial charge in [-0.3, -0.25) is 4.98 Å². The van der Waals surface area contributed by atoms with Crippen molar-refractivity contribution in [3.8, 4) is 0 Å². The number of aromatic nitrogens is 1. The predicted octanol–water partition coefficient (Wildman–Crippen LogP) is 4.58. The number of rotatable bonds is 6. The molecule has 1 aromatic carbocycles. The molecule has 0 saturated carbocycles. The number of hydrogen-bond acceptors (Lipinski definition) is 2. The summed E-state index contributed by atoms with van der Waals surface area (Å²) in [7, 11) is 0. The number of aryl methyl sites for hydroxylation is 1. The molecule has 0 amide bonds. The van der Waals surface area contributed by atoms with Crippen molar-refractivity contribution in [3.63, 3.8) is 0 Å². The van der Waals surface area contributed by atoms with Gasteiger partial charge in [-0.05, 0) is 48.9 Å². The Bertz CT molecular complexity index is 564. The molecule has 0 aliphatic heterocycles. The summed E-state index contributed by atoms with van der Waals surface area (Å²) in [6.45, 7) is 10.3. The summed E-state index contributed by atoms with van der Waals surface area (Å²) < 4.78 is 0. The van der Waals surface area contributed by atoms with Crippen molar-refractivity contribution in [3.05, 3.63) is 42.1 Å². The molecule has 0 aliphatic carbocycles. The van der Waals surface area contributed by atoms with Crippen LogP contribution >= 0.6 is 0 Å². The van der Waals surface area contributed by atoms with E-state index in [1.165, 1.54) is 17.4 Å².